The Morgan fingerprint density at radius 2 is 1.33 bits per heavy atom. The smallest absolute Gasteiger partial charge is 0.431 e. The van der Waals surface area contributed by atoms with Gasteiger partial charge >= 0.3 is 23.9 Å². The Labute approximate surface area is 213 Å². The quantitative estimate of drug-likeness (QED) is 0.164. The predicted octanol–water partition coefficient (Wildman–Crippen LogP) is 5.93. The number of rotatable bonds is 7. The normalized spacial score (nSPS) is 11.9. The molecule has 3 aromatic rings. The van der Waals surface area contributed by atoms with Crippen molar-refractivity contribution in [3.05, 3.63) is 110 Å². The fourth-order valence-corrected chi connectivity index (χ4v) is 3.40. The number of hydrogen-bond donors (Lipinski definition) is 1. The third kappa shape index (κ3) is 5.63. The lowest BCUT2D eigenvalue weighted by Crippen LogP contribution is -2.56. The van der Waals surface area contributed by atoms with E-state index < -0.39 is 73.4 Å². The van der Waals surface area contributed by atoms with Gasteiger partial charge in [0.2, 0.25) is 0 Å². The fourth-order valence-electron chi connectivity index (χ4n) is 3.40. The van der Waals surface area contributed by atoms with Crippen LogP contribution < -0.4 is 5.32 Å². The highest BCUT2D eigenvalue weighted by atomic mass is 19.4. The van der Waals surface area contributed by atoms with Gasteiger partial charge in [-0.2, -0.15) is 26.3 Å². The molecule has 0 aliphatic heterocycles. The van der Waals surface area contributed by atoms with Crippen molar-refractivity contribution in [2.75, 3.05) is 5.32 Å². The van der Waals surface area contributed by atoms with Gasteiger partial charge in [0, 0.05) is 17.3 Å². The van der Waals surface area contributed by atoms with Crippen LogP contribution in [0.3, 0.4) is 0 Å². The Morgan fingerprint density at radius 1 is 0.769 bits per heavy atom. The van der Waals surface area contributed by atoms with E-state index in [2.05, 4.69) is 4.74 Å². The second-order valence-electron chi connectivity index (χ2n) is 7.68. The zero-order valence-corrected chi connectivity index (χ0v) is 18.9. The molecule has 0 unspecified atom stereocenters. The summed E-state index contributed by atoms with van der Waals surface area (Å²) in [6.07, 6.45) is -12.4. The average Bonchev–Trinajstić information content (AvgIpc) is 2.86. The summed E-state index contributed by atoms with van der Waals surface area (Å²) in [6.45, 7) is 0. The number of carbonyl (C=O) groups is 2. The number of alkyl halides is 6. The molecule has 0 aliphatic carbocycles. The lowest BCUT2D eigenvalue weighted by molar-refractivity contribution is -0.394. The van der Waals surface area contributed by atoms with Crippen molar-refractivity contribution >= 4 is 28.9 Å². The van der Waals surface area contributed by atoms with Crippen molar-refractivity contribution in [2.24, 2.45) is 0 Å². The number of nitrogens with one attached hydrogen (secondary N) is 1. The number of ether oxygens (including phenoxy) is 1. The zero-order valence-electron chi connectivity index (χ0n) is 18.9. The van der Waals surface area contributed by atoms with Crippen LogP contribution in [0.5, 0.6) is 0 Å². The molecule has 0 heterocycles. The second kappa shape index (κ2) is 10.4. The van der Waals surface area contributed by atoms with Crippen LogP contribution in [0, 0.1) is 20.2 Å². The number of hydrogen-bond acceptors (Lipinski definition) is 7. The lowest BCUT2D eigenvalue weighted by atomic mass is 9.91. The number of amides is 1. The minimum absolute atomic E-state index is 0.305. The highest BCUT2D eigenvalue weighted by molar-refractivity contribution is 6.07. The number of anilines is 1. The Hall–Kier alpha value is -5.02. The van der Waals surface area contributed by atoms with Crippen LogP contribution in [0.4, 0.5) is 43.4 Å². The monoisotopic (exact) mass is 557 g/mol. The molecular formula is C23H13F6N3O7. The number of nitro groups is 2. The zero-order chi connectivity index (χ0) is 29.2. The van der Waals surface area contributed by atoms with Crippen molar-refractivity contribution in [3.8, 4) is 0 Å². The van der Waals surface area contributed by atoms with Crippen LogP contribution >= 0.6 is 0 Å². The molecule has 3 rings (SSSR count). The molecule has 0 saturated carbocycles. The van der Waals surface area contributed by atoms with E-state index in [1.165, 1.54) is 18.2 Å². The number of halogens is 6. The molecule has 0 saturated heterocycles. The molecule has 0 atom stereocenters. The molecule has 1 amide bonds. The predicted molar refractivity (Wildman–Crippen MR) is 120 cm³/mol. The number of benzene rings is 3. The Morgan fingerprint density at radius 3 is 1.82 bits per heavy atom. The maximum absolute atomic E-state index is 14.0. The first-order chi connectivity index (χ1) is 18.1. The summed E-state index contributed by atoms with van der Waals surface area (Å²) >= 11 is 0. The summed E-state index contributed by atoms with van der Waals surface area (Å²) < 4.78 is 88.1. The van der Waals surface area contributed by atoms with Crippen LogP contribution in [0.2, 0.25) is 0 Å². The van der Waals surface area contributed by atoms with Gasteiger partial charge < -0.3 is 10.1 Å². The number of non-ortho nitro benzene ring substituents is 1. The summed E-state index contributed by atoms with van der Waals surface area (Å²) in [7, 11) is 0. The standard InChI is InChI=1S/C23H13F6N3O7/c24-22(25,26)21(23(27,28)29,39-20(34)13-4-2-1-3-5-13)14-6-8-15(9-7-14)30-19(33)17-11-10-16(31(35)36)12-18(17)32(37)38/h1-12H,(H,30,33). The molecule has 204 valence electrons. The number of carbonyl (C=O) groups excluding carboxylic acids is 2. The molecule has 0 bridgehead atoms. The van der Waals surface area contributed by atoms with Gasteiger partial charge in [0.25, 0.3) is 17.3 Å². The van der Waals surface area contributed by atoms with Crippen molar-refractivity contribution in [1.82, 2.24) is 0 Å². The Bertz CT molecular complexity index is 1410. The molecule has 0 aliphatic rings. The van der Waals surface area contributed by atoms with E-state index in [1.807, 2.05) is 5.32 Å². The van der Waals surface area contributed by atoms with Crippen LogP contribution in [0.15, 0.2) is 72.8 Å². The SMILES string of the molecule is O=C(OC(c1ccc(NC(=O)c2ccc([N+](=O)[O-])cc2[N+](=O)[O-])cc1)(C(F)(F)F)C(F)(F)F)c1ccccc1. The molecule has 10 nitrogen and oxygen atoms in total. The van der Waals surface area contributed by atoms with Crippen LogP contribution in [-0.2, 0) is 10.3 Å². The molecule has 0 spiro atoms. The first-order valence-corrected chi connectivity index (χ1v) is 10.3. The molecule has 1 N–H and O–H groups in total. The number of nitro benzene ring substituents is 2. The molecular weight excluding hydrogens is 544 g/mol. The van der Waals surface area contributed by atoms with Gasteiger partial charge in [-0.15, -0.1) is 0 Å². The third-order valence-electron chi connectivity index (χ3n) is 5.24. The van der Waals surface area contributed by atoms with Crippen molar-refractivity contribution in [3.63, 3.8) is 0 Å². The van der Waals surface area contributed by atoms with Gasteiger partial charge in [0.15, 0.2) is 0 Å². The highest BCUT2D eigenvalue weighted by Gasteiger charge is 2.75. The van der Waals surface area contributed by atoms with E-state index in [1.54, 1.807) is 0 Å². The number of esters is 1. The van der Waals surface area contributed by atoms with E-state index in [0.29, 0.717) is 30.3 Å². The van der Waals surface area contributed by atoms with Crippen molar-refractivity contribution < 1.29 is 50.5 Å². The van der Waals surface area contributed by atoms with Gasteiger partial charge in [0.05, 0.1) is 21.5 Å². The van der Waals surface area contributed by atoms with Gasteiger partial charge in [-0.1, -0.05) is 30.3 Å². The molecule has 16 heteroatoms. The lowest BCUT2D eigenvalue weighted by Gasteiger charge is -2.36. The van der Waals surface area contributed by atoms with Gasteiger partial charge in [-0.3, -0.25) is 25.0 Å². The fraction of sp³-hybridized carbons (Fsp3) is 0.130. The van der Waals surface area contributed by atoms with Crippen molar-refractivity contribution in [1.29, 1.82) is 0 Å². The summed E-state index contributed by atoms with van der Waals surface area (Å²) in [4.78, 5) is 44.8. The minimum atomic E-state index is -6.18. The molecule has 3 aromatic carbocycles. The molecule has 0 fully saturated rings. The van der Waals surface area contributed by atoms with E-state index in [9.17, 15) is 56.2 Å². The first kappa shape index (κ1) is 28.5. The molecule has 0 aromatic heterocycles. The topological polar surface area (TPSA) is 142 Å². The second-order valence-corrected chi connectivity index (χ2v) is 7.68. The summed E-state index contributed by atoms with van der Waals surface area (Å²) in [5.74, 6) is -3.15. The molecule has 0 radical (unpaired) electrons. The first-order valence-electron chi connectivity index (χ1n) is 10.3. The maximum Gasteiger partial charge on any atom is 0.442 e. The van der Waals surface area contributed by atoms with E-state index >= 15 is 0 Å². The molecule has 39 heavy (non-hydrogen) atoms. The Balaban J connectivity index is 1.99. The Kier molecular flexibility index (Phi) is 7.61. The number of nitrogens with zero attached hydrogens (tertiary/aromatic N) is 2. The minimum Gasteiger partial charge on any atom is -0.431 e. The van der Waals surface area contributed by atoms with Gasteiger partial charge in [-0.05, 0) is 30.3 Å². The van der Waals surface area contributed by atoms with E-state index in [4.69, 9.17) is 0 Å². The van der Waals surface area contributed by atoms with Crippen LogP contribution in [-0.4, -0.2) is 34.1 Å². The summed E-state index contributed by atoms with van der Waals surface area (Å²) in [5, 5.41) is 24.1. The average molecular weight is 557 g/mol. The van der Waals surface area contributed by atoms with E-state index in [-0.39, 0.29) is 0 Å². The van der Waals surface area contributed by atoms with Gasteiger partial charge in [-0.25, -0.2) is 4.79 Å². The summed E-state index contributed by atoms with van der Waals surface area (Å²) in [5.41, 5.74) is -9.97. The van der Waals surface area contributed by atoms with E-state index in [0.717, 1.165) is 24.3 Å². The van der Waals surface area contributed by atoms with Crippen molar-refractivity contribution in [2.45, 2.75) is 18.0 Å². The highest BCUT2D eigenvalue weighted by Crippen LogP contribution is 2.53. The maximum atomic E-state index is 14.0. The largest absolute Gasteiger partial charge is 0.442 e. The summed E-state index contributed by atoms with van der Waals surface area (Å²) in [6, 6.07) is 9.56. The van der Waals surface area contributed by atoms with Crippen LogP contribution in [0.1, 0.15) is 26.3 Å². The van der Waals surface area contributed by atoms with Crippen LogP contribution in [0.25, 0.3) is 0 Å². The third-order valence-corrected chi connectivity index (χ3v) is 5.24. The van der Waals surface area contributed by atoms with Gasteiger partial charge in [0.1, 0.15) is 5.56 Å².